The van der Waals surface area contributed by atoms with Crippen LogP contribution in [-0.2, 0) is 9.59 Å². The second kappa shape index (κ2) is 6.30. The van der Waals surface area contributed by atoms with Gasteiger partial charge in [-0.3, -0.25) is 4.79 Å². The Morgan fingerprint density at radius 1 is 1.62 bits per heavy atom. The van der Waals surface area contributed by atoms with Gasteiger partial charge in [-0.2, -0.15) is 0 Å². The highest BCUT2D eigenvalue weighted by molar-refractivity contribution is 5.76. The van der Waals surface area contributed by atoms with Crippen LogP contribution in [0.3, 0.4) is 0 Å². The quantitative estimate of drug-likeness (QED) is 0.552. The minimum Gasteiger partial charge on any atom is -0.480 e. The minimum absolute atomic E-state index is 0.0549. The Balaban J connectivity index is 2.75. The van der Waals surface area contributed by atoms with Crippen molar-refractivity contribution in [2.45, 2.75) is 38.6 Å². The fourth-order valence-electron chi connectivity index (χ4n) is 2.23. The molecule has 2 unspecified atom stereocenters. The number of rotatable bonds is 6. The first-order valence-corrected chi connectivity index (χ1v) is 5.79. The van der Waals surface area contributed by atoms with Crippen molar-refractivity contribution in [1.29, 1.82) is 0 Å². The number of aliphatic carboxylic acids is 1. The number of nitrogens with zero attached hydrogens (tertiary/aromatic N) is 1. The van der Waals surface area contributed by atoms with Crippen LogP contribution < -0.4 is 0 Å². The van der Waals surface area contributed by atoms with Gasteiger partial charge in [0.15, 0.2) is 0 Å². The first-order chi connectivity index (χ1) is 7.70. The molecule has 16 heavy (non-hydrogen) atoms. The van der Waals surface area contributed by atoms with Crippen molar-refractivity contribution in [3.8, 4) is 0 Å². The molecule has 0 spiro atoms. The number of allylic oxidation sites excluding steroid dienone is 2. The molecule has 1 N–H and O–H groups in total. The maximum atomic E-state index is 11.2. The third-order valence-corrected chi connectivity index (χ3v) is 2.98. The van der Waals surface area contributed by atoms with Crippen LogP contribution >= 0.6 is 0 Å². The second-order valence-corrected chi connectivity index (χ2v) is 4.17. The Hall–Kier alpha value is -1.32. The van der Waals surface area contributed by atoms with E-state index in [2.05, 4.69) is 6.08 Å². The zero-order valence-corrected chi connectivity index (χ0v) is 9.63. The summed E-state index contributed by atoms with van der Waals surface area (Å²) in [6, 6.07) is -0.664. The Morgan fingerprint density at radius 3 is 2.81 bits per heavy atom. The van der Waals surface area contributed by atoms with Gasteiger partial charge in [-0.25, -0.2) is 4.79 Å². The summed E-state index contributed by atoms with van der Waals surface area (Å²) < 4.78 is 0. The van der Waals surface area contributed by atoms with Crippen LogP contribution in [-0.4, -0.2) is 35.0 Å². The van der Waals surface area contributed by atoms with E-state index in [4.69, 9.17) is 0 Å². The van der Waals surface area contributed by atoms with Gasteiger partial charge in [0, 0.05) is 6.54 Å². The SMILES string of the molecule is CCCN(C=O)C(C(=O)O)C1CC=CCC1. The lowest BCUT2D eigenvalue weighted by molar-refractivity contribution is -0.149. The van der Waals surface area contributed by atoms with Gasteiger partial charge >= 0.3 is 5.97 Å². The molecule has 4 nitrogen and oxygen atoms in total. The third-order valence-electron chi connectivity index (χ3n) is 2.98. The van der Waals surface area contributed by atoms with Crippen molar-refractivity contribution >= 4 is 12.4 Å². The molecule has 0 saturated carbocycles. The van der Waals surface area contributed by atoms with Gasteiger partial charge in [-0.05, 0) is 31.6 Å². The van der Waals surface area contributed by atoms with Crippen molar-refractivity contribution < 1.29 is 14.7 Å². The fraction of sp³-hybridized carbons (Fsp3) is 0.667. The molecule has 0 radical (unpaired) electrons. The van der Waals surface area contributed by atoms with E-state index in [1.807, 2.05) is 13.0 Å². The monoisotopic (exact) mass is 225 g/mol. The summed E-state index contributed by atoms with van der Waals surface area (Å²) >= 11 is 0. The van der Waals surface area contributed by atoms with Gasteiger partial charge in [0.05, 0.1) is 0 Å². The number of carboxylic acid groups (broad SMARTS) is 1. The molecule has 1 aliphatic rings. The average Bonchev–Trinajstić information content (AvgIpc) is 2.29. The van der Waals surface area contributed by atoms with Crippen molar-refractivity contribution in [2.24, 2.45) is 5.92 Å². The summed E-state index contributed by atoms with van der Waals surface area (Å²) in [7, 11) is 0. The summed E-state index contributed by atoms with van der Waals surface area (Å²) in [5.74, 6) is -0.833. The number of hydrogen-bond donors (Lipinski definition) is 1. The lowest BCUT2D eigenvalue weighted by Crippen LogP contribution is -2.46. The number of carbonyl (C=O) groups excluding carboxylic acids is 1. The molecule has 0 fully saturated rings. The summed E-state index contributed by atoms with van der Waals surface area (Å²) in [6.07, 6.45) is 8.05. The standard InChI is InChI=1S/C12H19NO3/c1-2-8-13(9-14)11(12(15)16)10-6-4-3-5-7-10/h3-4,9-11H,2,5-8H2,1H3,(H,15,16). The lowest BCUT2D eigenvalue weighted by atomic mass is 9.87. The molecular weight excluding hydrogens is 206 g/mol. The maximum Gasteiger partial charge on any atom is 0.326 e. The normalized spacial score (nSPS) is 21.4. The molecule has 0 bridgehead atoms. The Labute approximate surface area is 95.9 Å². The van der Waals surface area contributed by atoms with Crippen LogP contribution in [0.2, 0.25) is 0 Å². The molecule has 0 saturated heterocycles. The lowest BCUT2D eigenvalue weighted by Gasteiger charge is -2.32. The molecule has 1 amide bonds. The molecule has 0 aliphatic heterocycles. The highest BCUT2D eigenvalue weighted by Crippen LogP contribution is 2.25. The zero-order chi connectivity index (χ0) is 12.0. The smallest absolute Gasteiger partial charge is 0.326 e. The molecule has 4 heteroatoms. The fourth-order valence-corrected chi connectivity index (χ4v) is 2.23. The molecule has 0 heterocycles. The van der Waals surface area contributed by atoms with E-state index in [0.717, 1.165) is 25.7 Å². The summed E-state index contributed by atoms with van der Waals surface area (Å²) in [5, 5.41) is 9.23. The van der Waals surface area contributed by atoms with Crippen LogP contribution in [0.5, 0.6) is 0 Å². The van der Waals surface area contributed by atoms with E-state index < -0.39 is 12.0 Å². The Morgan fingerprint density at radius 2 is 2.38 bits per heavy atom. The Bertz CT molecular complexity index is 275. The number of carboxylic acids is 1. The predicted octanol–water partition coefficient (Wildman–Crippen LogP) is 1.66. The van der Waals surface area contributed by atoms with Crippen molar-refractivity contribution in [3.05, 3.63) is 12.2 Å². The van der Waals surface area contributed by atoms with Crippen molar-refractivity contribution in [1.82, 2.24) is 4.90 Å². The molecule has 1 rings (SSSR count). The molecule has 0 aromatic rings. The number of hydrogen-bond acceptors (Lipinski definition) is 2. The van der Waals surface area contributed by atoms with E-state index >= 15 is 0 Å². The van der Waals surface area contributed by atoms with Crippen LogP contribution in [0.15, 0.2) is 12.2 Å². The van der Waals surface area contributed by atoms with Gasteiger partial charge in [0.1, 0.15) is 6.04 Å². The molecular formula is C12H19NO3. The topological polar surface area (TPSA) is 57.6 Å². The second-order valence-electron chi connectivity index (χ2n) is 4.17. The zero-order valence-electron chi connectivity index (χ0n) is 9.63. The summed E-state index contributed by atoms with van der Waals surface area (Å²) in [4.78, 5) is 23.6. The van der Waals surface area contributed by atoms with E-state index in [9.17, 15) is 14.7 Å². The van der Waals surface area contributed by atoms with E-state index in [0.29, 0.717) is 13.0 Å². The molecule has 0 aromatic heterocycles. The summed E-state index contributed by atoms with van der Waals surface area (Å²) in [5.41, 5.74) is 0. The average molecular weight is 225 g/mol. The summed E-state index contributed by atoms with van der Waals surface area (Å²) in [6.45, 7) is 2.46. The van der Waals surface area contributed by atoms with Gasteiger partial charge in [-0.15, -0.1) is 0 Å². The van der Waals surface area contributed by atoms with Crippen LogP contribution in [0, 0.1) is 5.92 Å². The van der Waals surface area contributed by atoms with Crippen LogP contribution in [0.4, 0.5) is 0 Å². The Kier molecular flexibility index (Phi) is 5.02. The third kappa shape index (κ3) is 3.08. The predicted molar refractivity (Wildman–Crippen MR) is 61.0 cm³/mol. The number of carbonyl (C=O) groups is 2. The molecule has 0 aromatic carbocycles. The first kappa shape index (κ1) is 12.7. The maximum absolute atomic E-state index is 11.2. The van der Waals surface area contributed by atoms with Crippen molar-refractivity contribution in [2.75, 3.05) is 6.54 Å². The van der Waals surface area contributed by atoms with Crippen LogP contribution in [0.1, 0.15) is 32.6 Å². The van der Waals surface area contributed by atoms with Gasteiger partial charge in [0.25, 0.3) is 0 Å². The van der Waals surface area contributed by atoms with Crippen LogP contribution in [0.25, 0.3) is 0 Å². The van der Waals surface area contributed by atoms with E-state index in [-0.39, 0.29) is 5.92 Å². The van der Waals surface area contributed by atoms with E-state index in [1.165, 1.54) is 4.90 Å². The highest BCUT2D eigenvalue weighted by atomic mass is 16.4. The molecule has 90 valence electrons. The number of amides is 1. The van der Waals surface area contributed by atoms with Crippen molar-refractivity contribution in [3.63, 3.8) is 0 Å². The molecule has 2 atom stereocenters. The largest absolute Gasteiger partial charge is 0.480 e. The minimum atomic E-state index is -0.888. The van der Waals surface area contributed by atoms with Gasteiger partial charge in [0.2, 0.25) is 6.41 Å². The first-order valence-electron chi connectivity index (χ1n) is 5.79. The van der Waals surface area contributed by atoms with E-state index in [1.54, 1.807) is 0 Å². The highest BCUT2D eigenvalue weighted by Gasteiger charge is 2.32. The van der Waals surface area contributed by atoms with Gasteiger partial charge in [-0.1, -0.05) is 19.1 Å². The van der Waals surface area contributed by atoms with Gasteiger partial charge < -0.3 is 10.0 Å². The molecule has 1 aliphatic carbocycles.